The fourth-order valence-electron chi connectivity index (χ4n) is 1.61. The summed E-state index contributed by atoms with van der Waals surface area (Å²) in [5.74, 6) is 0.552. The van der Waals surface area contributed by atoms with Gasteiger partial charge >= 0.3 is 0 Å². The van der Waals surface area contributed by atoms with Gasteiger partial charge in [0.15, 0.2) is 0 Å². The Morgan fingerprint density at radius 3 is 2.95 bits per heavy atom. The summed E-state index contributed by atoms with van der Waals surface area (Å²) < 4.78 is 0. The molecule has 102 valence electrons. The number of hydrogen-bond acceptors (Lipinski definition) is 5. The van der Waals surface area contributed by atoms with Crippen LogP contribution in [0.4, 0.5) is 5.13 Å². The molecule has 6 heteroatoms. The molecule has 2 rings (SSSR count). The van der Waals surface area contributed by atoms with Crippen LogP contribution in [0.15, 0.2) is 17.5 Å². The van der Waals surface area contributed by atoms with Crippen LogP contribution in [-0.2, 0) is 17.6 Å². The summed E-state index contributed by atoms with van der Waals surface area (Å²) in [5.41, 5.74) is 0. The quantitative estimate of drug-likeness (QED) is 0.889. The van der Waals surface area contributed by atoms with E-state index in [2.05, 4.69) is 29.4 Å². The van der Waals surface area contributed by atoms with E-state index in [1.165, 1.54) is 16.2 Å². The molecule has 0 spiro atoms. The van der Waals surface area contributed by atoms with Gasteiger partial charge in [0, 0.05) is 17.7 Å². The second kappa shape index (κ2) is 6.77. The third kappa shape index (κ3) is 4.72. The van der Waals surface area contributed by atoms with Gasteiger partial charge in [0.1, 0.15) is 5.01 Å². The maximum absolute atomic E-state index is 11.8. The third-order valence-corrected chi connectivity index (χ3v) is 4.27. The monoisotopic (exact) mass is 295 g/mol. The van der Waals surface area contributed by atoms with E-state index in [-0.39, 0.29) is 5.91 Å². The lowest BCUT2D eigenvalue weighted by atomic mass is 10.1. The lowest BCUT2D eigenvalue weighted by molar-refractivity contribution is -0.116. The van der Waals surface area contributed by atoms with Crippen LogP contribution in [0.5, 0.6) is 0 Å². The number of nitrogens with one attached hydrogen (secondary N) is 1. The summed E-state index contributed by atoms with van der Waals surface area (Å²) in [6.45, 7) is 4.28. The highest BCUT2D eigenvalue weighted by molar-refractivity contribution is 7.15. The zero-order chi connectivity index (χ0) is 13.7. The molecule has 4 nitrogen and oxygen atoms in total. The Kier molecular flexibility index (Phi) is 5.04. The molecule has 2 aromatic rings. The van der Waals surface area contributed by atoms with Crippen LogP contribution in [0, 0.1) is 5.92 Å². The summed E-state index contributed by atoms with van der Waals surface area (Å²) in [4.78, 5) is 13.0. The van der Waals surface area contributed by atoms with E-state index in [1.54, 1.807) is 11.3 Å². The minimum absolute atomic E-state index is 0.000599. The number of rotatable bonds is 6. The van der Waals surface area contributed by atoms with Crippen molar-refractivity contribution in [3.05, 3.63) is 27.4 Å². The first-order valence-electron chi connectivity index (χ1n) is 6.28. The second-order valence-electron chi connectivity index (χ2n) is 4.73. The van der Waals surface area contributed by atoms with E-state index < -0.39 is 0 Å². The number of hydrogen-bond donors (Lipinski definition) is 1. The normalized spacial score (nSPS) is 10.9. The van der Waals surface area contributed by atoms with E-state index in [9.17, 15) is 4.79 Å². The van der Waals surface area contributed by atoms with Gasteiger partial charge in [-0.2, -0.15) is 0 Å². The van der Waals surface area contributed by atoms with Crippen molar-refractivity contribution in [3.8, 4) is 0 Å². The van der Waals surface area contributed by atoms with E-state index in [4.69, 9.17) is 0 Å². The lowest BCUT2D eigenvalue weighted by Gasteiger charge is -1.99. The van der Waals surface area contributed by atoms with Gasteiger partial charge in [-0.25, -0.2) is 0 Å². The van der Waals surface area contributed by atoms with Crippen LogP contribution in [0.3, 0.4) is 0 Å². The highest BCUT2D eigenvalue weighted by Crippen LogP contribution is 2.18. The van der Waals surface area contributed by atoms with E-state index in [0.29, 0.717) is 17.5 Å². The van der Waals surface area contributed by atoms with Crippen molar-refractivity contribution in [1.29, 1.82) is 0 Å². The lowest BCUT2D eigenvalue weighted by Crippen LogP contribution is -2.11. The zero-order valence-corrected chi connectivity index (χ0v) is 12.7. The number of carbonyl (C=O) groups is 1. The van der Waals surface area contributed by atoms with Crippen LogP contribution >= 0.6 is 22.7 Å². The molecule has 0 unspecified atom stereocenters. The van der Waals surface area contributed by atoms with Gasteiger partial charge in [-0.15, -0.1) is 21.5 Å². The molecule has 2 aromatic heterocycles. The Bertz CT molecular complexity index is 520. The zero-order valence-electron chi connectivity index (χ0n) is 11.0. The standard InChI is InChI=1S/C13H17N3OS2/c1-9(2)8-12-15-16-13(19-12)14-11(17)6-5-10-4-3-7-18-10/h3-4,7,9H,5-6,8H2,1-2H3,(H,14,16,17). The van der Waals surface area contributed by atoms with Crippen molar-refractivity contribution in [2.24, 2.45) is 5.92 Å². The summed E-state index contributed by atoms with van der Waals surface area (Å²) in [5, 5.41) is 14.5. The molecule has 0 fully saturated rings. The summed E-state index contributed by atoms with van der Waals surface area (Å²) >= 11 is 3.14. The smallest absolute Gasteiger partial charge is 0.226 e. The van der Waals surface area contributed by atoms with Crippen LogP contribution in [0.25, 0.3) is 0 Å². The maximum atomic E-state index is 11.8. The Hall–Kier alpha value is -1.27. The molecular formula is C13H17N3OS2. The van der Waals surface area contributed by atoms with Gasteiger partial charge in [-0.05, 0) is 23.8 Å². The average molecular weight is 295 g/mol. The van der Waals surface area contributed by atoms with Crippen molar-refractivity contribution >= 4 is 33.7 Å². The van der Waals surface area contributed by atoms with E-state index >= 15 is 0 Å². The maximum Gasteiger partial charge on any atom is 0.226 e. The van der Waals surface area contributed by atoms with Crippen molar-refractivity contribution in [3.63, 3.8) is 0 Å². The number of nitrogens with zero attached hydrogens (tertiary/aromatic N) is 2. The Labute approximate surface area is 120 Å². The van der Waals surface area contributed by atoms with Crippen LogP contribution < -0.4 is 5.32 Å². The third-order valence-electron chi connectivity index (χ3n) is 2.47. The number of thiophene rings is 1. The Morgan fingerprint density at radius 1 is 1.42 bits per heavy atom. The number of amides is 1. The van der Waals surface area contributed by atoms with Gasteiger partial charge < -0.3 is 5.32 Å². The molecule has 0 saturated carbocycles. The van der Waals surface area contributed by atoms with Crippen LogP contribution in [0.1, 0.15) is 30.2 Å². The topological polar surface area (TPSA) is 54.9 Å². The van der Waals surface area contributed by atoms with Gasteiger partial charge in [0.2, 0.25) is 11.0 Å². The Morgan fingerprint density at radius 2 is 2.26 bits per heavy atom. The molecule has 0 aliphatic heterocycles. The van der Waals surface area contributed by atoms with Gasteiger partial charge in [0.25, 0.3) is 0 Å². The first kappa shape index (κ1) is 14.1. The fourth-order valence-corrected chi connectivity index (χ4v) is 3.29. The van der Waals surface area contributed by atoms with Crippen LogP contribution in [0.2, 0.25) is 0 Å². The minimum Gasteiger partial charge on any atom is -0.301 e. The van der Waals surface area contributed by atoms with Crippen molar-refractivity contribution in [2.45, 2.75) is 33.1 Å². The van der Waals surface area contributed by atoms with Crippen LogP contribution in [-0.4, -0.2) is 16.1 Å². The second-order valence-corrected chi connectivity index (χ2v) is 6.82. The largest absolute Gasteiger partial charge is 0.301 e. The molecule has 19 heavy (non-hydrogen) atoms. The molecule has 0 aliphatic rings. The molecule has 0 bridgehead atoms. The molecule has 0 radical (unpaired) electrons. The molecule has 2 heterocycles. The molecule has 0 aliphatic carbocycles. The van der Waals surface area contributed by atoms with Crippen molar-refractivity contribution in [2.75, 3.05) is 5.32 Å². The predicted molar refractivity (Wildman–Crippen MR) is 79.7 cm³/mol. The number of carbonyl (C=O) groups excluding carboxylic acids is 1. The summed E-state index contributed by atoms with van der Waals surface area (Å²) in [6.07, 6.45) is 2.17. The van der Waals surface area contributed by atoms with Crippen molar-refractivity contribution in [1.82, 2.24) is 10.2 Å². The van der Waals surface area contributed by atoms with Gasteiger partial charge in [-0.1, -0.05) is 31.3 Å². The first-order valence-corrected chi connectivity index (χ1v) is 7.97. The number of anilines is 1. The number of aromatic nitrogens is 2. The highest BCUT2D eigenvalue weighted by Gasteiger charge is 2.09. The highest BCUT2D eigenvalue weighted by atomic mass is 32.1. The predicted octanol–water partition coefficient (Wildman–Crippen LogP) is 3.37. The van der Waals surface area contributed by atoms with Crippen molar-refractivity contribution < 1.29 is 4.79 Å². The van der Waals surface area contributed by atoms with Gasteiger partial charge in [-0.3, -0.25) is 4.79 Å². The molecular weight excluding hydrogens is 278 g/mol. The van der Waals surface area contributed by atoms with E-state index in [1.807, 2.05) is 17.5 Å². The molecule has 0 saturated heterocycles. The SMILES string of the molecule is CC(C)Cc1nnc(NC(=O)CCc2cccs2)s1. The average Bonchev–Trinajstić information content (AvgIpc) is 2.97. The molecule has 1 amide bonds. The minimum atomic E-state index is 0.000599. The van der Waals surface area contributed by atoms with Gasteiger partial charge in [0.05, 0.1) is 0 Å². The summed E-state index contributed by atoms with van der Waals surface area (Å²) in [6, 6.07) is 4.05. The Balaban J connectivity index is 1.80. The molecule has 1 N–H and O–H groups in total. The number of aryl methyl sites for hydroxylation is 1. The van der Waals surface area contributed by atoms with E-state index in [0.717, 1.165) is 17.8 Å². The molecule has 0 atom stereocenters. The summed E-state index contributed by atoms with van der Waals surface area (Å²) in [7, 11) is 0. The first-order chi connectivity index (χ1) is 9.13. The fraction of sp³-hybridized carbons (Fsp3) is 0.462. The molecule has 0 aromatic carbocycles.